The molecule has 2 atom stereocenters. The van der Waals surface area contributed by atoms with Crippen molar-refractivity contribution in [3.8, 4) is 0 Å². The summed E-state index contributed by atoms with van der Waals surface area (Å²) in [5.41, 5.74) is 0.605. The molecule has 0 aromatic rings. The minimum absolute atomic E-state index is 0.605. The highest BCUT2D eigenvalue weighted by atomic mass is 15.0. The third-order valence-electron chi connectivity index (χ3n) is 5.60. The molecule has 19 heavy (non-hydrogen) atoms. The Labute approximate surface area is 120 Å². The summed E-state index contributed by atoms with van der Waals surface area (Å²) in [5.74, 6) is 1.03. The fourth-order valence-corrected chi connectivity index (χ4v) is 4.14. The van der Waals surface area contributed by atoms with Crippen LogP contribution >= 0.6 is 0 Å². The summed E-state index contributed by atoms with van der Waals surface area (Å²) >= 11 is 0. The van der Waals surface area contributed by atoms with E-state index < -0.39 is 0 Å². The van der Waals surface area contributed by atoms with Gasteiger partial charge in [0.25, 0.3) is 0 Å². The monoisotopic (exact) mass is 265 g/mol. The van der Waals surface area contributed by atoms with E-state index in [4.69, 9.17) is 0 Å². The molecule has 2 rings (SSSR count). The number of hydrogen-bond donors (Lipinski definition) is 1. The van der Waals surface area contributed by atoms with Crippen LogP contribution < -0.4 is 5.32 Å². The van der Waals surface area contributed by atoms with Crippen LogP contribution in [0.5, 0.6) is 0 Å². The van der Waals surface area contributed by atoms with Crippen LogP contribution in [-0.2, 0) is 0 Å². The van der Waals surface area contributed by atoms with Gasteiger partial charge in [-0.2, -0.15) is 0 Å². The van der Waals surface area contributed by atoms with Gasteiger partial charge in [-0.1, -0.05) is 46.5 Å². The molecule has 0 saturated heterocycles. The first-order valence-electron chi connectivity index (χ1n) is 8.85. The summed E-state index contributed by atoms with van der Waals surface area (Å²) in [6.45, 7) is 7.21. The number of hydrogen-bond acceptors (Lipinski definition) is 1. The van der Waals surface area contributed by atoms with Crippen molar-refractivity contribution in [2.45, 2.75) is 103 Å². The Balaban J connectivity index is 1.71. The number of rotatable bonds is 4. The Morgan fingerprint density at radius 1 is 0.895 bits per heavy atom. The maximum absolute atomic E-state index is 4.00. The molecule has 2 saturated carbocycles. The molecule has 112 valence electrons. The second-order valence-electron chi connectivity index (χ2n) is 7.97. The van der Waals surface area contributed by atoms with Crippen LogP contribution in [0, 0.1) is 11.3 Å². The van der Waals surface area contributed by atoms with Gasteiger partial charge in [-0.25, -0.2) is 0 Å². The van der Waals surface area contributed by atoms with E-state index in [1.54, 1.807) is 0 Å². The zero-order valence-corrected chi connectivity index (χ0v) is 13.5. The predicted octanol–water partition coefficient (Wildman–Crippen LogP) is 5.29. The van der Waals surface area contributed by atoms with Gasteiger partial charge in [0.2, 0.25) is 0 Å². The second-order valence-corrected chi connectivity index (χ2v) is 7.97. The molecular weight excluding hydrogens is 230 g/mol. The molecule has 2 fully saturated rings. The highest BCUT2D eigenvalue weighted by molar-refractivity contribution is 4.85. The smallest absolute Gasteiger partial charge is 0.00700 e. The third-order valence-corrected chi connectivity index (χ3v) is 5.60. The molecule has 0 aromatic carbocycles. The van der Waals surface area contributed by atoms with Crippen LogP contribution in [0.15, 0.2) is 0 Å². The van der Waals surface area contributed by atoms with Crippen LogP contribution in [0.4, 0.5) is 0 Å². The molecule has 0 heterocycles. The van der Waals surface area contributed by atoms with Crippen molar-refractivity contribution in [1.82, 2.24) is 5.32 Å². The molecule has 2 unspecified atom stereocenters. The molecule has 0 aromatic heterocycles. The SMILES string of the molecule is CCCC1CCCC(NC2CCC(C)(C)CC2)CC1. The van der Waals surface area contributed by atoms with Gasteiger partial charge >= 0.3 is 0 Å². The van der Waals surface area contributed by atoms with Gasteiger partial charge in [-0.15, -0.1) is 0 Å². The van der Waals surface area contributed by atoms with Gasteiger partial charge in [0.05, 0.1) is 0 Å². The van der Waals surface area contributed by atoms with Gasteiger partial charge in [-0.3, -0.25) is 0 Å². The summed E-state index contributed by atoms with van der Waals surface area (Å²) in [6, 6.07) is 1.65. The van der Waals surface area contributed by atoms with Crippen molar-refractivity contribution >= 4 is 0 Å². The molecule has 2 aliphatic rings. The lowest BCUT2D eigenvalue weighted by Crippen LogP contribution is -2.41. The van der Waals surface area contributed by atoms with Crippen molar-refractivity contribution in [2.24, 2.45) is 11.3 Å². The first-order chi connectivity index (χ1) is 9.09. The van der Waals surface area contributed by atoms with Gasteiger partial charge in [0.1, 0.15) is 0 Å². The Hall–Kier alpha value is -0.0400. The van der Waals surface area contributed by atoms with E-state index in [9.17, 15) is 0 Å². The zero-order chi connectivity index (χ0) is 13.7. The molecule has 1 N–H and O–H groups in total. The molecule has 2 aliphatic carbocycles. The molecule has 0 radical (unpaired) electrons. The highest BCUT2D eigenvalue weighted by Crippen LogP contribution is 2.36. The van der Waals surface area contributed by atoms with Gasteiger partial charge in [-0.05, 0) is 56.3 Å². The van der Waals surface area contributed by atoms with E-state index in [0.29, 0.717) is 5.41 Å². The van der Waals surface area contributed by atoms with Crippen LogP contribution in [0.3, 0.4) is 0 Å². The lowest BCUT2D eigenvalue weighted by molar-refractivity contribution is 0.194. The first-order valence-corrected chi connectivity index (χ1v) is 8.85. The van der Waals surface area contributed by atoms with E-state index in [-0.39, 0.29) is 0 Å². The summed E-state index contributed by atoms with van der Waals surface area (Å²) < 4.78 is 0. The van der Waals surface area contributed by atoms with Crippen LogP contribution in [0.1, 0.15) is 91.4 Å². The fourth-order valence-electron chi connectivity index (χ4n) is 4.14. The lowest BCUT2D eigenvalue weighted by atomic mass is 9.75. The maximum atomic E-state index is 4.00. The second kappa shape index (κ2) is 7.11. The summed E-state index contributed by atoms with van der Waals surface area (Å²) in [5, 5.41) is 4.00. The average molecular weight is 265 g/mol. The van der Waals surface area contributed by atoms with E-state index in [2.05, 4.69) is 26.1 Å². The Morgan fingerprint density at radius 2 is 1.58 bits per heavy atom. The van der Waals surface area contributed by atoms with E-state index in [1.807, 2.05) is 0 Å². The van der Waals surface area contributed by atoms with Crippen molar-refractivity contribution in [2.75, 3.05) is 0 Å². The fraction of sp³-hybridized carbons (Fsp3) is 1.00. The van der Waals surface area contributed by atoms with Crippen molar-refractivity contribution in [3.63, 3.8) is 0 Å². The highest BCUT2D eigenvalue weighted by Gasteiger charge is 2.28. The Kier molecular flexibility index (Phi) is 5.74. The van der Waals surface area contributed by atoms with Crippen molar-refractivity contribution < 1.29 is 0 Å². The molecule has 0 spiro atoms. The average Bonchev–Trinajstić information content (AvgIpc) is 2.58. The van der Waals surface area contributed by atoms with Crippen molar-refractivity contribution in [3.05, 3.63) is 0 Å². The standard InChI is InChI=1S/C18H35N/c1-4-6-15-7-5-8-16(10-9-15)19-17-11-13-18(2,3)14-12-17/h15-17,19H,4-14H2,1-3H3. The number of nitrogens with one attached hydrogen (secondary N) is 1. The summed E-state index contributed by atoms with van der Waals surface area (Å²) in [4.78, 5) is 0. The lowest BCUT2D eigenvalue weighted by Gasteiger charge is -2.36. The van der Waals surface area contributed by atoms with Crippen LogP contribution in [0.25, 0.3) is 0 Å². The maximum Gasteiger partial charge on any atom is 0.00700 e. The van der Waals surface area contributed by atoms with Crippen LogP contribution in [-0.4, -0.2) is 12.1 Å². The summed E-state index contributed by atoms with van der Waals surface area (Å²) in [7, 11) is 0. The molecule has 0 bridgehead atoms. The van der Waals surface area contributed by atoms with Gasteiger partial charge in [0, 0.05) is 12.1 Å². The minimum Gasteiger partial charge on any atom is -0.311 e. The van der Waals surface area contributed by atoms with E-state index in [0.717, 1.165) is 18.0 Å². The van der Waals surface area contributed by atoms with E-state index >= 15 is 0 Å². The Bertz CT molecular complexity index is 248. The van der Waals surface area contributed by atoms with Gasteiger partial charge < -0.3 is 5.32 Å². The van der Waals surface area contributed by atoms with Crippen LogP contribution in [0.2, 0.25) is 0 Å². The largest absolute Gasteiger partial charge is 0.311 e. The molecule has 0 aliphatic heterocycles. The molecule has 1 nitrogen and oxygen atoms in total. The van der Waals surface area contributed by atoms with Gasteiger partial charge in [0.15, 0.2) is 0 Å². The minimum atomic E-state index is 0.605. The third kappa shape index (κ3) is 5.10. The molecule has 1 heteroatoms. The topological polar surface area (TPSA) is 12.0 Å². The van der Waals surface area contributed by atoms with E-state index in [1.165, 1.54) is 70.6 Å². The van der Waals surface area contributed by atoms with Crippen molar-refractivity contribution in [1.29, 1.82) is 0 Å². The quantitative estimate of drug-likeness (QED) is 0.681. The Morgan fingerprint density at radius 3 is 2.26 bits per heavy atom. The normalized spacial score (nSPS) is 33.0. The predicted molar refractivity (Wildman–Crippen MR) is 84.4 cm³/mol. The zero-order valence-electron chi connectivity index (χ0n) is 13.5. The first kappa shape index (κ1) is 15.4. The summed E-state index contributed by atoms with van der Waals surface area (Å²) in [6.07, 6.45) is 15.8. The molecule has 0 amide bonds. The molecular formula is C18H35N.